The Balaban J connectivity index is 1.66. The number of alkyl halides is 6. The molecule has 0 radical (unpaired) electrons. The first-order chi connectivity index (χ1) is 22.1. The molecule has 256 valence electrons. The number of piperidine rings is 1. The number of benzene rings is 2. The molecule has 1 saturated heterocycles. The molecule has 2 aromatic carbocycles. The summed E-state index contributed by atoms with van der Waals surface area (Å²) in [6.45, 7) is 3.72. The highest BCUT2D eigenvalue weighted by molar-refractivity contribution is 6.20. The molecule has 0 unspecified atom stereocenters. The van der Waals surface area contributed by atoms with Crippen molar-refractivity contribution in [2.75, 3.05) is 31.6 Å². The Hall–Kier alpha value is -3.74. The summed E-state index contributed by atoms with van der Waals surface area (Å²) in [5, 5.41) is 2.42. The fourth-order valence-corrected chi connectivity index (χ4v) is 6.16. The molecule has 1 N–H and O–H groups in total. The molecule has 0 saturated carbocycles. The number of benzodiazepines with no additional fused rings is 1. The highest BCUT2D eigenvalue weighted by Gasteiger charge is 2.41. The summed E-state index contributed by atoms with van der Waals surface area (Å²) in [7, 11) is 1.46. The monoisotopic (exact) mass is 666 g/mol. The number of amides is 2. The maximum Gasteiger partial charge on any atom is 0.389 e. The van der Waals surface area contributed by atoms with E-state index in [1.54, 1.807) is 54.6 Å². The molecule has 0 bridgehead atoms. The van der Waals surface area contributed by atoms with Crippen LogP contribution in [0, 0.1) is 17.8 Å². The summed E-state index contributed by atoms with van der Waals surface area (Å²) >= 11 is 0. The van der Waals surface area contributed by atoms with Crippen LogP contribution in [0.5, 0.6) is 0 Å². The number of aliphatic imine (C=N–C) groups is 1. The van der Waals surface area contributed by atoms with Crippen molar-refractivity contribution in [2.24, 2.45) is 22.7 Å². The third kappa shape index (κ3) is 10.1. The van der Waals surface area contributed by atoms with E-state index in [0.29, 0.717) is 41.5 Å². The average Bonchev–Trinajstić information content (AvgIpc) is 3.12. The van der Waals surface area contributed by atoms with E-state index < -0.39 is 73.6 Å². The number of hydrogen-bond acceptors (Lipinski definition) is 5. The van der Waals surface area contributed by atoms with Crippen LogP contribution < -0.4 is 10.2 Å². The summed E-state index contributed by atoms with van der Waals surface area (Å²) in [5.41, 5.74) is 1.96. The van der Waals surface area contributed by atoms with Crippen LogP contribution in [0.15, 0.2) is 59.6 Å². The Kier molecular flexibility index (Phi) is 11.9. The molecule has 4 rings (SSSR count). The van der Waals surface area contributed by atoms with E-state index in [1.165, 1.54) is 11.9 Å². The molecule has 1 fully saturated rings. The van der Waals surface area contributed by atoms with Crippen LogP contribution in [0.25, 0.3) is 0 Å². The number of likely N-dealkylation sites (tertiary alicyclic amines) is 1. The Bertz CT molecular complexity index is 1420. The number of likely N-dealkylation sites (N-methyl/N-ethyl adjacent to an activating group) is 1. The van der Waals surface area contributed by atoms with Crippen molar-refractivity contribution < 1.29 is 40.7 Å². The zero-order chi connectivity index (χ0) is 34.4. The number of fused-ring (bicyclic) bond motifs is 1. The van der Waals surface area contributed by atoms with Crippen LogP contribution in [0.1, 0.15) is 63.0 Å². The van der Waals surface area contributed by atoms with Crippen LogP contribution >= 0.6 is 0 Å². The minimum atomic E-state index is -4.74. The molecule has 0 aliphatic carbocycles. The molecule has 3 atom stereocenters. The first kappa shape index (κ1) is 36.1. The second-order valence-electron chi connectivity index (χ2n) is 12.4. The van der Waals surface area contributed by atoms with Gasteiger partial charge in [0.1, 0.15) is 5.78 Å². The van der Waals surface area contributed by atoms with Crippen LogP contribution in [0.3, 0.4) is 0 Å². The van der Waals surface area contributed by atoms with E-state index in [4.69, 9.17) is 0 Å². The predicted octanol–water partition coefficient (Wildman–Crippen LogP) is 6.55. The summed E-state index contributed by atoms with van der Waals surface area (Å²) < 4.78 is 80.6. The third-order valence-corrected chi connectivity index (χ3v) is 8.93. The largest absolute Gasteiger partial charge is 0.389 e. The van der Waals surface area contributed by atoms with Crippen molar-refractivity contribution in [3.05, 3.63) is 65.7 Å². The predicted molar refractivity (Wildman–Crippen MR) is 166 cm³/mol. The van der Waals surface area contributed by atoms with Crippen LogP contribution in [-0.4, -0.2) is 73.4 Å². The maximum absolute atomic E-state index is 13.9. The number of nitrogens with one attached hydrogen (secondary N) is 1. The zero-order valence-corrected chi connectivity index (χ0v) is 26.4. The van der Waals surface area contributed by atoms with Gasteiger partial charge in [-0.2, -0.15) is 26.3 Å². The summed E-state index contributed by atoms with van der Waals surface area (Å²) in [6.07, 6.45) is -14.2. The van der Waals surface area contributed by atoms with E-state index in [2.05, 4.69) is 17.2 Å². The van der Waals surface area contributed by atoms with Gasteiger partial charge in [0.25, 0.3) is 5.91 Å². The lowest BCUT2D eigenvalue weighted by molar-refractivity contribution is -0.152. The van der Waals surface area contributed by atoms with Gasteiger partial charge < -0.3 is 15.1 Å². The van der Waals surface area contributed by atoms with Gasteiger partial charge in [0.05, 0.1) is 11.4 Å². The second kappa shape index (κ2) is 15.4. The maximum atomic E-state index is 13.9. The van der Waals surface area contributed by atoms with Crippen LogP contribution in [-0.2, 0) is 14.4 Å². The molecular weight excluding hydrogens is 626 g/mol. The third-order valence-electron chi connectivity index (χ3n) is 8.93. The van der Waals surface area contributed by atoms with Gasteiger partial charge in [0.2, 0.25) is 12.1 Å². The number of para-hydroxylation sites is 1. The number of rotatable bonds is 12. The lowest BCUT2D eigenvalue weighted by Gasteiger charge is -2.31. The number of ketones is 1. The number of nitrogens with zero attached hydrogens (tertiary/aromatic N) is 3. The van der Waals surface area contributed by atoms with Gasteiger partial charge in [0.15, 0.2) is 0 Å². The van der Waals surface area contributed by atoms with Gasteiger partial charge in [-0.1, -0.05) is 55.5 Å². The molecule has 2 aromatic rings. The van der Waals surface area contributed by atoms with Gasteiger partial charge in [-0.05, 0) is 50.8 Å². The van der Waals surface area contributed by atoms with Crippen molar-refractivity contribution in [3.8, 4) is 0 Å². The molecule has 13 heteroatoms. The van der Waals surface area contributed by atoms with Gasteiger partial charge in [-0.15, -0.1) is 0 Å². The molecule has 7 nitrogen and oxygen atoms in total. The number of hydrogen-bond donors (Lipinski definition) is 1. The van der Waals surface area contributed by atoms with Gasteiger partial charge >= 0.3 is 12.4 Å². The highest BCUT2D eigenvalue weighted by atomic mass is 19.4. The lowest BCUT2D eigenvalue weighted by Crippen LogP contribution is -2.49. The Morgan fingerprint density at radius 2 is 1.47 bits per heavy atom. The fraction of sp³-hybridized carbons (Fsp3) is 0.529. The van der Waals surface area contributed by atoms with Crippen molar-refractivity contribution >= 4 is 29.0 Å². The smallest absolute Gasteiger partial charge is 0.326 e. The number of carbonyl (C=O) groups is 3. The Labute approximate surface area is 270 Å². The SMILES string of the molecule is CC1CCN(CCC(=O)[C@@H](CCC(F)(F)F)[C@@H](CCC(F)(F)F)C(=O)N[C@H]2N=C(c3ccccc3)c3ccccc3N(C)C2=O)CC1. The molecule has 2 amide bonds. The molecule has 2 aliphatic rings. The number of carbonyl (C=O) groups excluding carboxylic acids is 3. The molecule has 2 aliphatic heterocycles. The molecule has 47 heavy (non-hydrogen) atoms. The van der Waals surface area contributed by atoms with E-state index in [-0.39, 0.29) is 13.0 Å². The minimum absolute atomic E-state index is 0.205. The van der Waals surface area contributed by atoms with E-state index >= 15 is 0 Å². The van der Waals surface area contributed by atoms with E-state index in [9.17, 15) is 40.7 Å². The fourth-order valence-electron chi connectivity index (χ4n) is 6.16. The van der Waals surface area contributed by atoms with E-state index in [1.807, 2.05) is 4.90 Å². The molecular formula is C34H40F6N4O3. The van der Waals surface area contributed by atoms with Crippen LogP contribution in [0.2, 0.25) is 0 Å². The highest BCUT2D eigenvalue weighted by Crippen LogP contribution is 2.34. The number of Topliss-reactive ketones (excluding diaryl/α,β-unsaturated/α-hetero) is 1. The standard InChI is InChI=1S/C34H40F6N4O3/c1-22-14-19-44(20-15-22)21-16-28(45)24(12-17-33(35,36)37)25(13-18-34(38,39)40)31(46)42-30-32(47)43(2)27-11-7-6-10-26(27)29(41-30)23-8-4-3-5-9-23/h3-11,22,24-25,30H,12-21H2,1-2H3,(H,42,46)/t24-,25+,30+/m0/s1. The van der Waals surface area contributed by atoms with Crippen molar-refractivity contribution in [1.82, 2.24) is 10.2 Å². The van der Waals surface area contributed by atoms with Crippen molar-refractivity contribution in [3.63, 3.8) is 0 Å². The molecule has 0 aromatic heterocycles. The summed E-state index contributed by atoms with van der Waals surface area (Å²) in [4.78, 5) is 48.8. The zero-order valence-electron chi connectivity index (χ0n) is 26.4. The lowest BCUT2D eigenvalue weighted by atomic mass is 9.80. The minimum Gasteiger partial charge on any atom is -0.326 e. The van der Waals surface area contributed by atoms with Crippen LogP contribution in [0.4, 0.5) is 32.0 Å². The topological polar surface area (TPSA) is 82.1 Å². The Morgan fingerprint density at radius 1 is 0.894 bits per heavy atom. The molecule has 0 spiro atoms. The first-order valence-corrected chi connectivity index (χ1v) is 15.8. The Morgan fingerprint density at radius 3 is 2.09 bits per heavy atom. The average molecular weight is 667 g/mol. The number of halogens is 6. The van der Waals surface area contributed by atoms with Gasteiger partial charge in [0, 0.05) is 55.8 Å². The quantitative estimate of drug-likeness (QED) is 0.261. The second-order valence-corrected chi connectivity index (χ2v) is 12.4. The first-order valence-electron chi connectivity index (χ1n) is 15.8. The van der Waals surface area contributed by atoms with Crippen molar-refractivity contribution in [2.45, 2.75) is 70.4 Å². The normalized spacial score (nSPS) is 19.4. The molecule has 2 heterocycles. The summed E-state index contributed by atoms with van der Waals surface area (Å²) in [5.74, 6) is -5.46. The van der Waals surface area contributed by atoms with Gasteiger partial charge in [-0.3, -0.25) is 14.4 Å². The van der Waals surface area contributed by atoms with E-state index in [0.717, 1.165) is 12.8 Å². The van der Waals surface area contributed by atoms with Gasteiger partial charge in [-0.25, -0.2) is 4.99 Å². The number of anilines is 1. The van der Waals surface area contributed by atoms with Crippen molar-refractivity contribution in [1.29, 1.82) is 0 Å². The summed E-state index contributed by atoms with van der Waals surface area (Å²) in [6, 6.07) is 15.6.